The van der Waals surface area contributed by atoms with E-state index in [1.54, 1.807) is 6.20 Å². The SMILES string of the molecule is CCCn1cc(NC(=O)[C@@H]2CC[C@H](C(=O)O)O2)ccc1=O. The first kappa shape index (κ1) is 15.2. The Labute approximate surface area is 121 Å². The lowest BCUT2D eigenvalue weighted by Crippen LogP contribution is -2.30. The van der Waals surface area contributed by atoms with Gasteiger partial charge >= 0.3 is 5.97 Å². The summed E-state index contributed by atoms with van der Waals surface area (Å²) in [6, 6.07) is 2.91. The van der Waals surface area contributed by atoms with Crippen molar-refractivity contribution in [3.8, 4) is 0 Å². The van der Waals surface area contributed by atoms with Crippen molar-refractivity contribution in [1.82, 2.24) is 4.57 Å². The highest BCUT2D eigenvalue weighted by Gasteiger charge is 2.34. The van der Waals surface area contributed by atoms with Crippen LogP contribution in [0.5, 0.6) is 0 Å². The van der Waals surface area contributed by atoms with E-state index in [2.05, 4.69) is 5.32 Å². The standard InChI is InChI=1S/C14H18N2O5/c1-2-7-16-8-9(3-6-12(16)17)15-13(18)10-4-5-11(21-10)14(19)20/h3,6,8,10-11H,2,4-5,7H2,1H3,(H,15,18)(H,19,20)/t10-,11+/m0/s1. The van der Waals surface area contributed by atoms with Crippen molar-refractivity contribution in [2.75, 3.05) is 5.32 Å². The third kappa shape index (κ3) is 3.69. The Kier molecular flexibility index (Phi) is 4.74. The van der Waals surface area contributed by atoms with E-state index in [1.807, 2.05) is 6.92 Å². The number of aryl methyl sites for hydroxylation is 1. The van der Waals surface area contributed by atoms with Gasteiger partial charge in [0, 0.05) is 18.8 Å². The van der Waals surface area contributed by atoms with Crippen molar-refractivity contribution in [3.05, 3.63) is 28.7 Å². The first-order chi connectivity index (χ1) is 10.0. The maximum Gasteiger partial charge on any atom is 0.332 e. The molecule has 0 aromatic carbocycles. The second-order valence-corrected chi connectivity index (χ2v) is 4.97. The van der Waals surface area contributed by atoms with Crippen LogP contribution in [0.15, 0.2) is 23.1 Å². The van der Waals surface area contributed by atoms with Gasteiger partial charge in [-0.15, -0.1) is 0 Å². The Morgan fingerprint density at radius 2 is 2.10 bits per heavy atom. The molecule has 1 aromatic rings. The van der Waals surface area contributed by atoms with E-state index in [4.69, 9.17) is 9.84 Å². The van der Waals surface area contributed by atoms with Crippen LogP contribution in [0, 0.1) is 0 Å². The molecule has 0 saturated carbocycles. The van der Waals surface area contributed by atoms with Crippen molar-refractivity contribution in [2.24, 2.45) is 0 Å². The summed E-state index contributed by atoms with van der Waals surface area (Å²) < 4.78 is 6.70. The lowest BCUT2D eigenvalue weighted by atomic mass is 10.2. The van der Waals surface area contributed by atoms with Gasteiger partial charge in [0.15, 0.2) is 6.10 Å². The molecule has 114 valence electrons. The molecular formula is C14H18N2O5. The lowest BCUT2D eigenvalue weighted by Gasteiger charge is -2.13. The molecule has 0 aliphatic carbocycles. The summed E-state index contributed by atoms with van der Waals surface area (Å²) in [7, 11) is 0. The van der Waals surface area contributed by atoms with Gasteiger partial charge in [-0.25, -0.2) is 4.79 Å². The zero-order valence-corrected chi connectivity index (χ0v) is 11.7. The van der Waals surface area contributed by atoms with Crippen LogP contribution >= 0.6 is 0 Å². The number of amides is 1. The molecule has 1 aliphatic heterocycles. The van der Waals surface area contributed by atoms with E-state index >= 15 is 0 Å². The average molecular weight is 294 g/mol. The maximum atomic E-state index is 12.0. The molecule has 2 rings (SSSR count). The number of aliphatic carboxylic acids is 1. The van der Waals surface area contributed by atoms with Crippen LogP contribution < -0.4 is 10.9 Å². The third-order valence-corrected chi connectivity index (χ3v) is 3.30. The molecule has 2 heterocycles. The molecule has 1 amide bonds. The summed E-state index contributed by atoms with van der Waals surface area (Å²) in [6.45, 7) is 2.53. The van der Waals surface area contributed by atoms with Crippen molar-refractivity contribution >= 4 is 17.6 Å². The van der Waals surface area contributed by atoms with Gasteiger partial charge < -0.3 is 19.7 Å². The minimum Gasteiger partial charge on any atom is -0.479 e. The van der Waals surface area contributed by atoms with Gasteiger partial charge in [0.05, 0.1) is 5.69 Å². The number of carboxylic acids is 1. The minimum atomic E-state index is -1.05. The van der Waals surface area contributed by atoms with Crippen LogP contribution in [0.4, 0.5) is 5.69 Å². The normalized spacial score (nSPS) is 21.2. The molecule has 7 heteroatoms. The van der Waals surface area contributed by atoms with Crippen LogP contribution in [0.2, 0.25) is 0 Å². The average Bonchev–Trinajstić information content (AvgIpc) is 2.93. The predicted octanol–water partition coefficient (Wildman–Crippen LogP) is 0.829. The molecule has 1 aromatic heterocycles. The number of carboxylic acid groups (broad SMARTS) is 1. The second-order valence-electron chi connectivity index (χ2n) is 4.97. The van der Waals surface area contributed by atoms with E-state index < -0.39 is 18.2 Å². The Morgan fingerprint density at radius 1 is 1.38 bits per heavy atom. The summed E-state index contributed by atoms with van der Waals surface area (Å²) in [5.41, 5.74) is 0.369. The molecule has 0 radical (unpaired) electrons. The van der Waals surface area contributed by atoms with Crippen LogP contribution in [-0.4, -0.2) is 33.8 Å². The summed E-state index contributed by atoms with van der Waals surface area (Å²) in [6.07, 6.45) is 1.39. The van der Waals surface area contributed by atoms with Gasteiger partial charge in [-0.3, -0.25) is 9.59 Å². The topological polar surface area (TPSA) is 97.6 Å². The van der Waals surface area contributed by atoms with Crippen LogP contribution in [-0.2, 0) is 20.9 Å². The van der Waals surface area contributed by atoms with Gasteiger partial charge in [0.1, 0.15) is 6.10 Å². The number of aromatic nitrogens is 1. The summed E-state index contributed by atoms with van der Waals surface area (Å²) in [5.74, 6) is -1.44. The van der Waals surface area contributed by atoms with Crippen LogP contribution in [0.1, 0.15) is 26.2 Å². The number of pyridine rings is 1. The monoisotopic (exact) mass is 294 g/mol. The number of hydrogen-bond donors (Lipinski definition) is 2. The zero-order valence-electron chi connectivity index (χ0n) is 11.7. The molecule has 1 saturated heterocycles. The van der Waals surface area contributed by atoms with E-state index in [0.29, 0.717) is 25.1 Å². The van der Waals surface area contributed by atoms with E-state index in [9.17, 15) is 14.4 Å². The smallest absolute Gasteiger partial charge is 0.332 e. The molecule has 2 atom stereocenters. The number of rotatable bonds is 5. The van der Waals surface area contributed by atoms with Crippen molar-refractivity contribution in [1.29, 1.82) is 0 Å². The highest BCUT2D eigenvalue weighted by molar-refractivity contribution is 5.94. The molecular weight excluding hydrogens is 276 g/mol. The Balaban J connectivity index is 2.02. The number of carbonyl (C=O) groups excluding carboxylic acids is 1. The minimum absolute atomic E-state index is 0.127. The molecule has 0 unspecified atom stereocenters. The number of nitrogens with zero attached hydrogens (tertiary/aromatic N) is 1. The van der Waals surface area contributed by atoms with Gasteiger partial charge in [-0.2, -0.15) is 0 Å². The third-order valence-electron chi connectivity index (χ3n) is 3.30. The summed E-state index contributed by atoms with van der Waals surface area (Å²) >= 11 is 0. The Bertz CT molecular complexity index is 595. The predicted molar refractivity (Wildman–Crippen MR) is 75.2 cm³/mol. The largest absolute Gasteiger partial charge is 0.479 e. The molecule has 0 bridgehead atoms. The summed E-state index contributed by atoms with van der Waals surface area (Å²) in [5, 5.41) is 11.5. The number of anilines is 1. The van der Waals surface area contributed by atoms with Gasteiger partial charge in [-0.05, 0) is 25.3 Å². The van der Waals surface area contributed by atoms with E-state index in [0.717, 1.165) is 6.42 Å². The molecule has 1 fully saturated rings. The first-order valence-corrected chi connectivity index (χ1v) is 6.91. The maximum absolute atomic E-state index is 12.0. The van der Waals surface area contributed by atoms with Crippen LogP contribution in [0.3, 0.4) is 0 Å². The lowest BCUT2D eigenvalue weighted by molar-refractivity contribution is -0.150. The number of ether oxygens (including phenoxy) is 1. The highest BCUT2D eigenvalue weighted by Crippen LogP contribution is 2.21. The molecule has 21 heavy (non-hydrogen) atoms. The van der Waals surface area contributed by atoms with Crippen molar-refractivity contribution in [3.63, 3.8) is 0 Å². The highest BCUT2D eigenvalue weighted by atomic mass is 16.5. The molecule has 1 aliphatic rings. The number of nitrogens with one attached hydrogen (secondary N) is 1. The second kappa shape index (κ2) is 6.53. The first-order valence-electron chi connectivity index (χ1n) is 6.91. The Morgan fingerprint density at radius 3 is 2.71 bits per heavy atom. The van der Waals surface area contributed by atoms with Gasteiger partial charge in [0.2, 0.25) is 0 Å². The van der Waals surface area contributed by atoms with Gasteiger partial charge in [-0.1, -0.05) is 6.92 Å². The quantitative estimate of drug-likeness (QED) is 0.838. The van der Waals surface area contributed by atoms with Crippen molar-refractivity contribution < 1.29 is 19.4 Å². The molecule has 0 spiro atoms. The zero-order chi connectivity index (χ0) is 15.4. The molecule has 2 N–H and O–H groups in total. The fraction of sp³-hybridized carbons (Fsp3) is 0.500. The fourth-order valence-electron chi connectivity index (χ4n) is 2.26. The number of hydrogen-bond acceptors (Lipinski definition) is 4. The van der Waals surface area contributed by atoms with Crippen LogP contribution in [0.25, 0.3) is 0 Å². The Hall–Kier alpha value is -2.15. The fourth-order valence-corrected chi connectivity index (χ4v) is 2.26. The van der Waals surface area contributed by atoms with E-state index in [-0.39, 0.29) is 11.5 Å². The van der Waals surface area contributed by atoms with Gasteiger partial charge in [0.25, 0.3) is 11.5 Å². The van der Waals surface area contributed by atoms with Crippen molar-refractivity contribution in [2.45, 2.75) is 44.9 Å². The molecule has 7 nitrogen and oxygen atoms in total. The number of carbonyl (C=O) groups is 2. The van der Waals surface area contributed by atoms with E-state index in [1.165, 1.54) is 16.7 Å². The summed E-state index contributed by atoms with van der Waals surface area (Å²) in [4.78, 5) is 34.4.